The van der Waals surface area contributed by atoms with Crippen LogP contribution in [0.3, 0.4) is 0 Å². The van der Waals surface area contributed by atoms with Crippen molar-refractivity contribution in [2.45, 2.75) is 27.2 Å². The lowest BCUT2D eigenvalue weighted by molar-refractivity contribution is 0.0601. The summed E-state index contributed by atoms with van der Waals surface area (Å²) < 4.78 is 4.83. The molecule has 5 heteroatoms. The van der Waals surface area contributed by atoms with Gasteiger partial charge >= 0.3 is 5.97 Å². The lowest BCUT2D eigenvalue weighted by Crippen LogP contribution is -2.30. The van der Waals surface area contributed by atoms with Crippen molar-refractivity contribution in [2.24, 2.45) is 5.92 Å². The molecule has 112 valence electrons. The van der Waals surface area contributed by atoms with Crippen molar-refractivity contribution < 1.29 is 9.53 Å². The van der Waals surface area contributed by atoms with Gasteiger partial charge in [-0.25, -0.2) is 4.79 Å². The average Bonchev–Trinajstić information content (AvgIpc) is 2.43. The smallest absolute Gasteiger partial charge is 0.340 e. The van der Waals surface area contributed by atoms with Gasteiger partial charge in [-0.15, -0.1) is 0 Å². The van der Waals surface area contributed by atoms with E-state index in [4.69, 9.17) is 22.1 Å². The Morgan fingerprint density at radius 2 is 2.10 bits per heavy atom. The maximum Gasteiger partial charge on any atom is 0.340 e. The normalized spacial score (nSPS) is 12.1. The summed E-state index contributed by atoms with van der Waals surface area (Å²) in [4.78, 5) is 14.1. The van der Waals surface area contributed by atoms with E-state index in [9.17, 15) is 4.79 Å². The zero-order valence-electron chi connectivity index (χ0n) is 12.6. The van der Waals surface area contributed by atoms with Crippen molar-refractivity contribution in [3.8, 4) is 0 Å². The Kier molecular flexibility index (Phi) is 6.14. The monoisotopic (exact) mass is 298 g/mol. The number of ether oxygens (including phenoxy) is 1. The highest BCUT2D eigenvalue weighted by molar-refractivity contribution is 6.34. The van der Waals surface area contributed by atoms with Crippen molar-refractivity contribution in [2.75, 3.05) is 30.8 Å². The third-order valence-corrected chi connectivity index (χ3v) is 3.71. The van der Waals surface area contributed by atoms with Crippen LogP contribution in [0.2, 0.25) is 5.02 Å². The van der Waals surface area contributed by atoms with Gasteiger partial charge < -0.3 is 15.4 Å². The summed E-state index contributed by atoms with van der Waals surface area (Å²) >= 11 is 6.31. The highest BCUT2D eigenvalue weighted by Gasteiger charge is 2.21. The molecule has 1 rings (SSSR count). The topological polar surface area (TPSA) is 55.6 Å². The first-order chi connectivity index (χ1) is 9.44. The highest BCUT2D eigenvalue weighted by Crippen LogP contribution is 2.33. The van der Waals surface area contributed by atoms with E-state index in [0.717, 1.165) is 19.5 Å². The lowest BCUT2D eigenvalue weighted by atomic mass is 10.1. The molecule has 0 radical (unpaired) electrons. The second kappa shape index (κ2) is 7.39. The molecule has 1 aromatic rings. The number of methoxy groups -OCH3 is 1. The van der Waals surface area contributed by atoms with Crippen LogP contribution in [0, 0.1) is 5.92 Å². The van der Waals surface area contributed by atoms with E-state index in [-0.39, 0.29) is 0 Å². The molecule has 20 heavy (non-hydrogen) atoms. The van der Waals surface area contributed by atoms with Gasteiger partial charge in [-0.2, -0.15) is 0 Å². The number of carbonyl (C=O) groups excluding carboxylic acids is 1. The number of nitrogens with zero attached hydrogens (tertiary/aromatic N) is 1. The Morgan fingerprint density at radius 1 is 1.45 bits per heavy atom. The third-order valence-electron chi connectivity index (χ3n) is 3.42. The quantitative estimate of drug-likeness (QED) is 0.644. The van der Waals surface area contributed by atoms with Crippen LogP contribution in [-0.4, -0.2) is 26.2 Å². The second-order valence-electron chi connectivity index (χ2n) is 4.94. The van der Waals surface area contributed by atoms with E-state index >= 15 is 0 Å². The van der Waals surface area contributed by atoms with Crippen LogP contribution in [0.15, 0.2) is 12.1 Å². The van der Waals surface area contributed by atoms with Gasteiger partial charge in [0.2, 0.25) is 0 Å². The summed E-state index contributed by atoms with van der Waals surface area (Å²) in [6.07, 6.45) is 1.07. The van der Waals surface area contributed by atoms with Gasteiger partial charge in [0.05, 0.1) is 23.4 Å². The zero-order chi connectivity index (χ0) is 15.3. The second-order valence-corrected chi connectivity index (χ2v) is 5.35. The largest absolute Gasteiger partial charge is 0.465 e. The Labute approximate surface area is 125 Å². The predicted octanol–water partition coefficient (Wildman–Crippen LogP) is 3.58. The molecule has 0 bridgehead atoms. The summed E-state index contributed by atoms with van der Waals surface area (Å²) in [5.74, 6) is 0.0888. The van der Waals surface area contributed by atoms with Crippen LogP contribution in [0.1, 0.15) is 37.6 Å². The molecule has 0 aliphatic rings. The Hall–Kier alpha value is -1.42. The van der Waals surface area contributed by atoms with Crippen LogP contribution in [0.5, 0.6) is 0 Å². The fourth-order valence-electron chi connectivity index (χ4n) is 2.09. The number of nitrogen functional groups attached to an aromatic ring is 1. The van der Waals surface area contributed by atoms with Crippen LogP contribution in [-0.2, 0) is 4.74 Å². The van der Waals surface area contributed by atoms with E-state index in [1.807, 2.05) is 6.92 Å². The van der Waals surface area contributed by atoms with E-state index in [2.05, 4.69) is 18.7 Å². The van der Waals surface area contributed by atoms with Crippen LogP contribution >= 0.6 is 11.6 Å². The number of anilines is 2. The van der Waals surface area contributed by atoms with Crippen LogP contribution < -0.4 is 10.6 Å². The molecule has 0 aliphatic heterocycles. The molecule has 2 N–H and O–H groups in total. The maximum absolute atomic E-state index is 12.0. The van der Waals surface area contributed by atoms with E-state index in [1.165, 1.54) is 7.11 Å². The van der Waals surface area contributed by atoms with Crippen LogP contribution in [0.4, 0.5) is 11.4 Å². The van der Waals surface area contributed by atoms with Gasteiger partial charge in [0, 0.05) is 18.8 Å². The molecule has 0 saturated heterocycles. The predicted molar refractivity (Wildman–Crippen MR) is 84.5 cm³/mol. The first-order valence-electron chi connectivity index (χ1n) is 6.86. The molecule has 4 nitrogen and oxygen atoms in total. The Bertz CT molecular complexity index is 477. The number of nitrogens with two attached hydrogens (primary N) is 1. The lowest BCUT2D eigenvalue weighted by Gasteiger charge is -2.29. The molecular weight excluding hydrogens is 276 g/mol. The summed E-state index contributed by atoms with van der Waals surface area (Å²) in [5, 5.41) is 0.482. The minimum Gasteiger partial charge on any atom is -0.465 e. The third kappa shape index (κ3) is 3.79. The molecule has 0 aromatic heterocycles. The van der Waals surface area contributed by atoms with Gasteiger partial charge in [0.1, 0.15) is 0 Å². The maximum atomic E-state index is 12.0. The summed E-state index contributed by atoms with van der Waals surface area (Å²) in [6.45, 7) is 7.95. The molecule has 0 aliphatic carbocycles. The minimum absolute atomic E-state index is 0.419. The molecule has 0 amide bonds. The number of halogens is 1. The molecule has 1 atom stereocenters. The van der Waals surface area contributed by atoms with Gasteiger partial charge in [0.25, 0.3) is 0 Å². The standard InChI is InChI=1S/C15H23ClN2O2/c1-5-10(3)9-18(6-2)14-12(15(19)20-4)7-11(17)8-13(14)16/h7-8,10H,5-6,9,17H2,1-4H3. The summed E-state index contributed by atoms with van der Waals surface area (Å²) in [6, 6.07) is 3.29. The van der Waals surface area contributed by atoms with Crippen molar-refractivity contribution in [3.05, 3.63) is 22.7 Å². The van der Waals surface area contributed by atoms with Gasteiger partial charge in [0.15, 0.2) is 0 Å². The van der Waals surface area contributed by atoms with Crippen molar-refractivity contribution in [3.63, 3.8) is 0 Å². The van der Waals surface area contributed by atoms with Crippen molar-refractivity contribution in [1.29, 1.82) is 0 Å². The van der Waals surface area contributed by atoms with Crippen molar-refractivity contribution >= 4 is 28.9 Å². The number of rotatable bonds is 6. The molecule has 1 aromatic carbocycles. The number of benzene rings is 1. The first kappa shape index (κ1) is 16.6. The highest BCUT2D eigenvalue weighted by atomic mass is 35.5. The van der Waals surface area contributed by atoms with E-state index < -0.39 is 5.97 Å². The van der Waals surface area contributed by atoms with Crippen molar-refractivity contribution in [1.82, 2.24) is 0 Å². The number of hydrogen-bond acceptors (Lipinski definition) is 4. The number of hydrogen-bond donors (Lipinski definition) is 1. The molecule has 1 unspecified atom stereocenters. The Balaban J connectivity index is 3.28. The summed E-state index contributed by atoms with van der Waals surface area (Å²) in [7, 11) is 1.36. The SMILES string of the molecule is CCC(C)CN(CC)c1c(Cl)cc(N)cc1C(=O)OC. The van der Waals surface area contributed by atoms with Gasteiger partial charge in [-0.3, -0.25) is 0 Å². The fourth-order valence-corrected chi connectivity index (χ4v) is 2.44. The molecule has 0 heterocycles. The Morgan fingerprint density at radius 3 is 2.60 bits per heavy atom. The number of esters is 1. The van der Waals surface area contributed by atoms with Gasteiger partial charge in [-0.1, -0.05) is 31.9 Å². The van der Waals surface area contributed by atoms with E-state index in [0.29, 0.717) is 27.9 Å². The fraction of sp³-hybridized carbons (Fsp3) is 0.533. The molecule has 0 spiro atoms. The minimum atomic E-state index is -0.420. The first-order valence-corrected chi connectivity index (χ1v) is 7.24. The van der Waals surface area contributed by atoms with E-state index in [1.54, 1.807) is 12.1 Å². The number of carbonyl (C=O) groups is 1. The zero-order valence-corrected chi connectivity index (χ0v) is 13.3. The molecule has 0 fully saturated rings. The summed E-state index contributed by atoms with van der Waals surface area (Å²) in [5.41, 5.74) is 7.36. The van der Waals surface area contributed by atoms with Gasteiger partial charge in [-0.05, 0) is 25.0 Å². The average molecular weight is 299 g/mol. The molecular formula is C15H23ClN2O2. The van der Waals surface area contributed by atoms with Crippen LogP contribution in [0.25, 0.3) is 0 Å². The molecule has 0 saturated carbocycles.